The number of hydrogen-bond acceptors (Lipinski definition) is 5. The standard InChI is InChI=1S/C16H21N3O3/c1-11(2)15-9-13(18-22-15)16(20)19(3)14(10-21-4)12-7-5-6-8-17-12/h5-9,11,14H,10H2,1-4H3/t14-/m1/s1. The molecule has 0 bridgehead atoms. The number of nitrogens with zero attached hydrogens (tertiary/aromatic N) is 3. The van der Waals surface area contributed by atoms with Crippen LogP contribution in [0, 0.1) is 0 Å². The molecule has 22 heavy (non-hydrogen) atoms. The van der Waals surface area contributed by atoms with Crippen molar-refractivity contribution in [3.8, 4) is 0 Å². The Kier molecular flexibility index (Phi) is 5.27. The van der Waals surface area contributed by atoms with E-state index in [1.54, 1.807) is 31.3 Å². The average Bonchev–Trinajstić information content (AvgIpc) is 3.02. The van der Waals surface area contributed by atoms with E-state index in [4.69, 9.17) is 9.26 Å². The van der Waals surface area contributed by atoms with Crippen molar-refractivity contribution < 1.29 is 14.1 Å². The van der Waals surface area contributed by atoms with Crippen molar-refractivity contribution in [2.75, 3.05) is 20.8 Å². The molecule has 0 unspecified atom stereocenters. The first-order valence-corrected chi connectivity index (χ1v) is 7.18. The predicted octanol–water partition coefficient (Wildman–Crippen LogP) is 2.65. The normalized spacial score (nSPS) is 12.4. The van der Waals surface area contributed by atoms with Crippen LogP contribution in [0.1, 0.15) is 47.7 Å². The van der Waals surface area contributed by atoms with Gasteiger partial charge in [-0.1, -0.05) is 25.1 Å². The molecular formula is C16H21N3O3. The lowest BCUT2D eigenvalue weighted by molar-refractivity contribution is 0.0585. The fourth-order valence-corrected chi connectivity index (χ4v) is 2.11. The quantitative estimate of drug-likeness (QED) is 0.820. The third-order valence-electron chi connectivity index (χ3n) is 3.46. The summed E-state index contributed by atoms with van der Waals surface area (Å²) in [7, 11) is 3.31. The Hall–Kier alpha value is -2.21. The van der Waals surface area contributed by atoms with Gasteiger partial charge >= 0.3 is 0 Å². The number of carbonyl (C=O) groups excluding carboxylic acids is 1. The molecule has 0 aliphatic rings. The summed E-state index contributed by atoms with van der Waals surface area (Å²) in [6.07, 6.45) is 1.70. The van der Waals surface area contributed by atoms with Gasteiger partial charge in [-0.3, -0.25) is 9.78 Å². The Morgan fingerprint density at radius 3 is 2.73 bits per heavy atom. The van der Waals surface area contributed by atoms with E-state index in [1.165, 1.54) is 0 Å². The average molecular weight is 303 g/mol. The lowest BCUT2D eigenvalue weighted by Gasteiger charge is -2.26. The van der Waals surface area contributed by atoms with Crippen molar-refractivity contribution in [2.45, 2.75) is 25.8 Å². The summed E-state index contributed by atoms with van der Waals surface area (Å²) in [5.74, 6) is 0.658. The van der Waals surface area contributed by atoms with Gasteiger partial charge in [0.15, 0.2) is 5.69 Å². The predicted molar refractivity (Wildman–Crippen MR) is 81.5 cm³/mol. The Morgan fingerprint density at radius 1 is 1.41 bits per heavy atom. The molecular weight excluding hydrogens is 282 g/mol. The Labute approximate surface area is 130 Å². The maximum Gasteiger partial charge on any atom is 0.276 e. The summed E-state index contributed by atoms with van der Waals surface area (Å²) in [5, 5.41) is 3.87. The molecule has 6 nitrogen and oxygen atoms in total. The van der Waals surface area contributed by atoms with Crippen LogP contribution < -0.4 is 0 Å². The molecule has 0 aliphatic carbocycles. The zero-order valence-electron chi connectivity index (χ0n) is 13.3. The molecule has 6 heteroatoms. The summed E-state index contributed by atoms with van der Waals surface area (Å²) in [4.78, 5) is 18.5. The number of hydrogen-bond donors (Lipinski definition) is 0. The highest BCUT2D eigenvalue weighted by atomic mass is 16.5. The van der Waals surface area contributed by atoms with Crippen molar-refractivity contribution in [3.63, 3.8) is 0 Å². The number of methoxy groups -OCH3 is 1. The highest BCUT2D eigenvalue weighted by Gasteiger charge is 2.26. The number of amides is 1. The Bertz CT molecular complexity index is 610. The minimum absolute atomic E-state index is 0.185. The van der Waals surface area contributed by atoms with Gasteiger partial charge in [-0.05, 0) is 12.1 Å². The summed E-state index contributed by atoms with van der Waals surface area (Å²) in [6.45, 7) is 4.33. The van der Waals surface area contributed by atoms with Crippen LogP contribution in [0.5, 0.6) is 0 Å². The van der Waals surface area contributed by atoms with E-state index in [2.05, 4.69) is 10.1 Å². The summed E-state index contributed by atoms with van der Waals surface area (Å²) in [5.41, 5.74) is 1.07. The van der Waals surface area contributed by atoms with Crippen LogP contribution in [0.2, 0.25) is 0 Å². The van der Waals surface area contributed by atoms with Crippen LogP contribution in [0.25, 0.3) is 0 Å². The van der Waals surface area contributed by atoms with E-state index in [0.717, 1.165) is 5.69 Å². The third-order valence-corrected chi connectivity index (χ3v) is 3.46. The molecule has 2 aromatic heterocycles. The summed E-state index contributed by atoms with van der Waals surface area (Å²) >= 11 is 0. The van der Waals surface area contributed by atoms with Gasteiger partial charge < -0.3 is 14.2 Å². The molecule has 1 atom stereocenters. The van der Waals surface area contributed by atoms with Crippen LogP contribution in [0.15, 0.2) is 35.0 Å². The minimum atomic E-state index is -0.280. The van der Waals surface area contributed by atoms with Crippen LogP contribution >= 0.6 is 0 Å². The zero-order chi connectivity index (χ0) is 16.1. The van der Waals surface area contributed by atoms with Gasteiger partial charge in [0.25, 0.3) is 5.91 Å². The molecule has 1 amide bonds. The second kappa shape index (κ2) is 7.17. The number of carbonyl (C=O) groups is 1. The lowest BCUT2D eigenvalue weighted by Crippen LogP contribution is -2.34. The van der Waals surface area contributed by atoms with E-state index < -0.39 is 0 Å². The topological polar surface area (TPSA) is 68.5 Å². The molecule has 2 heterocycles. The van der Waals surface area contributed by atoms with Crippen molar-refractivity contribution in [3.05, 3.63) is 47.6 Å². The van der Waals surface area contributed by atoms with Crippen LogP contribution in [0.3, 0.4) is 0 Å². The first kappa shape index (κ1) is 16.2. The molecule has 0 fully saturated rings. The first-order chi connectivity index (χ1) is 10.5. The van der Waals surface area contributed by atoms with Crippen LogP contribution in [0.4, 0.5) is 0 Å². The molecule has 2 aromatic rings. The monoisotopic (exact) mass is 303 g/mol. The van der Waals surface area contributed by atoms with Crippen molar-refractivity contribution in [2.24, 2.45) is 0 Å². The van der Waals surface area contributed by atoms with Crippen LogP contribution in [-0.4, -0.2) is 41.7 Å². The molecule has 0 spiro atoms. The molecule has 0 aliphatic heterocycles. The maximum atomic E-state index is 12.6. The minimum Gasteiger partial charge on any atom is -0.382 e. The van der Waals surface area contributed by atoms with Gasteiger partial charge in [0.1, 0.15) is 5.76 Å². The van der Waals surface area contributed by atoms with Gasteiger partial charge in [0, 0.05) is 32.3 Å². The molecule has 118 valence electrons. The van der Waals surface area contributed by atoms with Gasteiger partial charge in [0.05, 0.1) is 18.3 Å². The van der Waals surface area contributed by atoms with Crippen molar-refractivity contribution >= 4 is 5.91 Å². The number of ether oxygens (including phenoxy) is 1. The highest BCUT2D eigenvalue weighted by molar-refractivity contribution is 5.92. The lowest BCUT2D eigenvalue weighted by atomic mass is 10.1. The second-order valence-corrected chi connectivity index (χ2v) is 5.41. The van der Waals surface area contributed by atoms with E-state index in [9.17, 15) is 4.79 Å². The number of likely N-dealkylation sites (N-methyl/N-ethyl adjacent to an activating group) is 1. The first-order valence-electron chi connectivity index (χ1n) is 7.18. The van der Waals surface area contributed by atoms with E-state index in [-0.39, 0.29) is 17.9 Å². The fraction of sp³-hybridized carbons (Fsp3) is 0.438. The third kappa shape index (κ3) is 3.51. The SMILES string of the molecule is COC[C@H](c1ccccn1)N(C)C(=O)c1cc(C(C)C)on1. The Balaban J connectivity index is 2.22. The van der Waals surface area contributed by atoms with Gasteiger partial charge in [-0.2, -0.15) is 0 Å². The number of rotatable bonds is 6. The van der Waals surface area contributed by atoms with E-state index in [1.807, 2.05) is 32.0 Å². The maximum absolute atomic E-state index is 12.6. The highest BCUT2D eigenvalue weighted by Crippen LogP contribution is 2.21. The summed E-state index contributed by atoms with van der Waals surface area (Å²) < 4.78 is 10.4. The molecule has 0 N–H and O–H groups in total. The zero-order valence-corrected chi connectivity index (χ0v) is 13.3. The van der Waals surface area contributed by atoms with E-state index in [0.29, 0.717) is 18.1 Å². The molecule has 0 saturated carbocycles. The second-order valence-electron chi connectivity index (χ2n) is 5.41. The Morgan fingerprint density at radius 2 is 2.18 bits per heavy atom. The number of pyridine rings is 1. The molecule has 0 saturated heterocycles. The summed E-state index contributed by atoms with van der Waals surface area (Å²) in [6, 6.07) is 7.00. The fourth-order valence-electron chi connectivity index (χ4n) is 2.11. The van der Waals surface area contributed by atoms with Crippen LogP contribution in [-0.2, 0) is 4.74 Å². The van der Waals surface area contributed by atoms with Gasteiger partial charge in [0.2, 0.25) is 0 Å². The van der Waals surface area contributed by atoms with Gasteiger partial charge in [-0.15, -0.1) is 0 Å². The molecule has 0 aromatic carbocycles. The molecule has 2 rings (SSSR count). The number of aromatic nitrogens is 2. The van der Waals surface area contributed by atoms with Crippen molar-refractivity contribution in [1.29, 1.82) is 0 Å². The van der Waals surface area contributed by atoms with Gasteiger partial charge in [-0.25, -0.2) is 0 Å². The molecule has 0 radical (unpaired) electrons. The van der Waals surface area contributed by atoms with E-state index >= 15 is 0 Å². The smallest absolute Gasteiger partial charge is 0.276 e. The van der Waals surface area contributed by atoms with Crippen molar-refractivity contribution in [1.82, 2.24) is 15.0 Å². The largest absolute Gasteiger partial charge is 0.382 e.